The van der Waals surface area contributed by atoms with Crippen LogP contribution in [0.25, 0.3) is 0 Å². The van der Waals surface area contributed by atoms with Crippen LogP contribution < -0.4 is 14.8 Å². The Morgan fingerprint density at radius 2 is 1.73 bits per heavy atom. The van der Waals surface area contributed by atoms with E-state index >= 15 is 0 Å². The summed E-state index contributed by atoms with van der Waals surface area (Å²) in [5.74, 6) is 1.43. The number of halogens is 1. The predicted octanol–water partition coefficient (Wildman–Crippen LogP) is 2.40. The molecule has 1 aliphatic rings. The van der Waals surface area contributed by atoms with Crippen LogP contribution >= 0.6 is 12.4 Å². The fraction of sp³-hybridized carbons (Fsp3) is 0.294. The van der Waals surface area contributed by atoms with E-state index in [9.17, 15) is 5.11 Å². The number of para-hydroxylation sites is 2. The lowest BCUT2D eigenvalue weighted by Gasteiger charge is -2.29. The molecule has 0 fully saturated rings. The van der Waals surface area contributed by atoms with Crippen molar-refractivity contribution in [3.8, 4) is 11.5 Å². The monoisotopic (exact) mass is 321 g/mol. The summed E-state index contributed by atoms with van der Waals surface area (Å²) in [5, 5.41) is 13.4. The van der Waals surface area contributed by atoms with Gasteiger partial charge in [0.05, 0.1) is 0 Å². The minimum atomic E-state index is -0.609. The maximum absolute atomic E-state index is 10.2. The molecule has 2 aromatic rings. The average molecular weight is 322 g/mol. The highest BCUT2D eigenvalue weighted by Crippen LogP contribution is 2.31. The van der Waals surface area contributed by atoms with Crippen molar-refractivity contribution in [3.63, 3.8) is 0 Å². The summed E-state index contributed by atoms with van der Waals surface area (Å²) in [4.78, 5) is 0. The number of ether oxygens (including phenoxy) is 2. The van der Waals surface area contributed by atoms with E-state index in [1.54, 1.807) is 0 Å². The molecule has 22 heavy (non-hydrogen) atoms. The molecule has 118 valence electrons. The number of hydrogen-bond acceptors (Lipinski definition) is 4. The molecular formula is C17H20ClNO3. The molecule has 0 saturated carbocycles. The molecule has 3 rings (SSSR count). The van der Waals surface area contributed by atoms with Gasteiger partial charge >= 0.3 is 0 Å². The molecule has 0 bridgehead atoms. The second kappa shape index (κ2) is 8.03. The summed E-state index contributed by atoms with van der Waals surface area (Å²) in [6.45, 7) is 1.55. The summed E-state index contributed by atoms with van der Waals surface area (Å²) in [5.41, 5.74) is 1.19. The Bertz CT molecular complexity index is 579. The third-order valence-electron chi connectivity index (χ3n) is 3.49. The van der Waals surface area contributed by atoms with Crippen molar-refractivity contribution in [1.29, 1.82) is 0 Å². The van der Waals surface area contributed by atoms with E-state index in [-0.39, 0.29) is 18.5 Å². The number of nitrogens with one attached hydrogen (secondary N) is 1. The molecule has 0 radical (unpaired) electrons. The molecule has 0 amide bonds. The number of aliphatic hydroxyl groups is 1. The molecule has 4 nitrogen and oxygen atoms in total. The van der Waals surface area contributed by atoms with E-state index in [0.29, 0.717) is 18.9 Å². The third-order valence-corrected chi connectivity index (χ3v) is 3.49. The topological polar surface area (TPSA) is 50.7 Å². The van der Waals surface area contributed by atoms with Crippen LogP contribution in [0.1, 0.15) is 5.56 Å². The second-order valence-corrected chi connectivity index (χ2v) is 5.10. The molecule has 2 N–H and O–H groups in total. The third kappa shape index (κ3) is 4.13. The van der Waals surface area contributed by atoms with E-state index in [1.165, 1.54) is 5.56 Å². The Labute approximate surface area is 136 Å². The highest BCUT2D eigenvalue weighted by molar-refractivity contribution is 5.85. The van der Waals surface area contributed by atoms with Crippen LogP contribution in [0, 0.1) is 0 Å². The Balaban J connectivity index is 0.00000176. The quantitative estimate of drug-likeness (QED) is 0.888. The maximum Gasteiger partial charge on any atom is 0.161 e. The lowest BCUT2D eigenvalue weighted by Crippen LogP contribution is -2.44. The molecule has 1 heterocycles. The summed E-state index contributed by atoms with van der Waals surface area (Å²) in [7, 11) is 0. The zero-order chi connectivity index (χ0) is 14.5. The first-order valence-electron chi connectivity index (χ1n) is 7.14. The zero-order valence-corrected chi connectivity index (χ0v) is 13.0. The van der Waals surface area contributed by atoms with E-state index in [2.05, 4.69) is 17.4 Å². The Hall–Kier alpha value is -1.75. The molecule has 0 spiro atoms. The van der Waals surface area contributed by atoms with Crippen LogP contribution in [0.15, 0.2) is 54.6 Å². The van der Waals surface area contributed by atoms with Gasteiger partial charge in [-0.3, -0.25) is 0 Å². The summed E-state index contributed by atoms with van der Waals surface area (Å²) >= 11 is 0. The smallest absolute Gasteiger partial charge is 0.161 e. The van der Waals surface area contributed by atoms with Crippen LogP contribution in [-0.4, -0.2) is 30.5 Å². The van der Waals surface area contributed by atoms with Crippen LogP contribution in [0.4, 0.5) is 0 Å². The van der Waals surface area contributed by atoms with Gasteiger partial charge < -0.3 is 19.9 Å². The van der Waals surface area contributed by atoms with Crippen LogP contribution in [0.3, 0.4) is 0 Å². The molecule has 0 saturated heterocycles. The van der Waals surface area contributed by atoms with Crippen molar-refractivity contribution < 1.29 is 14.6 Å². The van der Waals surface area contributed by atoms with Crippen molar-refractivity contribution in [3.05, 3.63) is 60.2 Å². The first-order chi connectivity index (χ1) is 10.3. The minimum absolute atomic E-state index is 0. The number of aliphatic hydroxyl groups excluding tert-OH is 1. The van der Waals surface area contributed by atoms with Crippen molar-refractivity contribution in [2.75, 3.05) is 13.2 Å². The lowest BCUT2D eigenvalue weighted by atomic mass is 10.1. The van der Waals surface area contributed by atoms with Gasteiger partial charge in [-0.1, -0.05) is 42.5 Å². The summed E-state index contributed by atoms with van der Waals surface area (Å²) in [6.07, 6.45) is -0.953. The van der Waals surface area contributed by atoms with Gasteiger partial charge in [0.1, 0.15) is 12.7 Å². The molecule has 5 heteroatoms. The first-order valence-corrected chi connectivity index (χ1v) is 7.14. The van der Waals surface area contributed by atoms with E-state index in [4.69, 9.17) is 9.47 Å². The summed E-state index contributed by atoms with van der Waals surface area (Å²) in [6, 6.07) is 17.6. The van der Waals surface area contributed by atoms with Crippen molar-refractivity contribution in [2.24, 2.45) is 0 Å². The van der Waals surface area contributed by atoms with Gasteiger partial charge in [-0.2, -0.15) is 0 Å². The fourth-order valence-electron chi connectivity index (χ4n) is 2.32. The van der Waals surface area contributed by atoms with Crippen LogP contribution in [0.5, 0.6) is 11.5 Å². The van der Waals surface area contributed by atoms with Gasteiger partial charge in [-0.15, -0.1) is 12.4 Å². The first kappa shape index (κ1) is 16.6. The van der Waals surface area contributed by atoms with Crippen LogP contribution in [-0.2, 0) is 6.54 Å². The SMILES string of the molecule is Cl.OC(CNCc1ccccc1)C1COc2ccccc2O1. The largest absolute Gasteiger partial charge is 0.486 e. The zero-order valence-electron chi connectivity index (χ0n) is 12.1. The fourth-order valence-corrected chi connectivity index (χ4v) is 2.32. The van der Waals surface area contributed by atoms with Crippen LogP contribution in [0.2, 0.25) is 0 Å². The Morgan fingerprint density at radius 3 is 2.50 bits per heavy atom. The molecule has 2 atom stereocenters. The van der Waals surface area contributed by atoms with Gasteiger partial charge in [-0.25, -0.2) is 0 Å². The highest BCUT2D eigenvalue weighted by atomic mass is 35.5. The number of benzene rings is 2. The second-order valence-electron chi connectivity index (χ2n) is 5.10. The maximum atomic E-state index is 10.2. The van der Waals surface area contributed by atoms with E-state index < -0.39 is 6.10 Å². The van der Waals surface area contributed by atoms with Gasteiger partial charge in [0, 0.05) is 13.1 Å². The van der Waals surface area contributed by atoms with Crippen molar-refractivity contribution in [2.45, 2.75) is 18.8 Å². The van der Waals surface area contributed by atoms with Crippen molar-refractivity contribution in [1.82, 2.24) is 5.32 Å². The molecule has 2 unspecified atom stereocenters. The predicted molar refractivity (Wildman–Crippen MR) is 87.8 cm³/mol. The Kier molecular flexibility index (Phi) is 6.07. The molecule has 0 aromatic heterocycles. The van der Waals surface area contributed by atoms with Gasteiger partial charge in [0.2, 0.25) is 0 Å². The molecular weight excluding hydrogens is 302 g/mol. The van der Waals surface area contributed by atoms with Gasteiger partial charge in [0.15, 0.2) is 17.6 Å². The number of rotatable bonds is 5. The lowest BCUT2D eigenvalue weighted by molar-refractivity contribution is -0.00918. The number of hydrogen-bond donors (Lipinski definition) is 2. The van der Waals surface area contributed by atoms with Gasteiger partial charge in [0.25, 0.3) is 0 Å². The standard InChI is InChI=1S/C17H19NO3.ClH/c19-14(11-18-10-13-6-2-1-3-7-13)17-12-20-15-8-4-5-9-16(15)21-17;/h1-9,14,17-19H,10-12H2;1H. The van der Waals surface area contributed by atoms with E-state index in [0.717, 1.165) is 12.3 Å². The van der Waals surface area contributed by atoms with Crippen molar-refractivity contribution >= 4 is 12.4 Å². The van der Waals surface area contributed by atoms with E-state index in [1.807, 2.05) is 42.5 Å². The minimum Gasteiger partial charge on any atom is -0.486 e. The highest BCUT2D eigenvalue weighted by Gasteiger charge is 2.27. The average Bonchev–Trinajstić information content (AvgIpc) is 2.55. The summed E-state index contributed by atoms with van der Waals surface area (Å²) < 4.78 is 11.4. The van der Waals surface area contributed by atoms with Gasteiger partial charge in [-0.05, 0) is 17.7 Å². The molecule has 0 aliphatic carbocycles. The molecule has 2 aromatic carbocycles. The number of fused-ring (bicyclic) bond motifs is 1. The molecule has 1 aliphatic heterocycles. The Morgan fingerprint density at radius 1 is 1.05 bits per heavy atom. The normalized spacial score (nSPS) is 17.4.